The summed E-state index contributed by atoms with van der Waals surface area (Å²) in [6.45, 7) is 2.41. The van der Waals surface area contributed by atoms with E-state index < -0.39 is 0 Å². The monoisotopic (exact) mass is 306 g/mol. The Morgan fingerprint density at radius 2 is 2.44 bits per heavy atom. The van der Waals surface area contributed by atoms with Gasteiger partial charge < -0.3 is 10.7 Å². The first-order chi connectivity index (χ1) is 8.65. The smallest absolute Gasteiger partial charge is 0.192 e. The minimum atomic E-state index is 0.0164. The third kappa shape index (κ3) is 2.33. The Hall–Kier alpha value is -1.94. The van der Waals surface area contributed by atoms with E-state index in [4.69, 9.17) is 10.7 Å². The first-order valence-corrected chi connectivity index (χ1v) is 6.24. The second kappa shape index (κ2) is 5.14. The molecule has 1 aliphatic rings. The van der Waals surface area contributed by atoms with Gasteiger partial charge in [0.2, 0.25) is 0 Å². The maximum Gasteiger partial charge on any atom is 0.192 e. The van der Waals surface area contributed by atoms with Crippen LogP contribution in [0.15, 0.2) is 17.7 Å². The summed E-state index contributed by atoms with van der Waals surface area (Å²) in [4.78, 5) is 4.25. The minimum absolute atomic E-state index is 0.0164. The average molecular weight is 307 g/mol. The zero-order valence-corrected chi connectivity index (χ0v) is 11.3. The molecule has 1 aliphatic heterocycles. The van der Waals surface area contributed by atoms with Gasteiger partial charge in [-0.25, -0.2) is 9.67 Å². The zero-order valence-electron chi connectivity index (χ0n) is 9.68. The number of nitrogens with one attached hydrogen (secondary N) is 2. The first kappa shape index (κ1) is 12.5. The second-order valence-corrected chi connectivity index (χ2v) is 5.08. The summed E-state index contributed by atoms with van der Waals surface area (Å²) < 4.78 is 1.64. The van der Waals surface area contributed by atoms with Crippen LogP contribution in [0.2, 0.25) is 0 Å². The van der Waals surface area contributed by atoms with Crippen molar-refractivity contribution in [2.45, 2.75) is 11.8 Å². The van der Waals surface area contributed by atoms with Crippen LogP contribution in [0.4, 0.5) is 0 Å². The number of allylic oxidation sites excluding steroid dienone is 2. The molecule has 0 radical (unpaired) electrons. The molecule has 0 fully saturated rings. The fourth-order valence-electron chi connectivity index (χ4n) is 1.54. The number of rotatable bonds is 3. The predicted molar refractivity (Wildman–Crippen MR) is 71.2 cm³/mol. The van der Waals surface area contributed by atoms with Gasteiger partial charge in [0.05, 0.1) is 23.7 Å². The van der Waals surface area contributed by atoms with Gasteiger partial charge in [0.1, 0.15) is 11.6 Å². The highest BCUT2D eigenvalue weighted by Crippen LogP contribution is 2.22. The van der Waals surface area contributed by atoms with Crippen molar-refractivity contribution in [1.29, 1.82) is 10.7 Å². The van der Waals surface area contributed by atoms with Gasteiger partial charge >= 0.3 is 0 Å². The van der Waals surface area contributed by atoms with E-state index in [9.17, 15) is 0 Å². The SMILES string of the molecule is CC(Br)c1nc(C=N)nn1C1=CC=C(C#N)CN1. The molecule has 0 spiro atoms. The van der Waals surface area contributed by atoms with Crippen molar-refractivity contribution in [3.8, 4) is 6.07 Å². The summed E-state index contributed by atoms with van der Waals surface area (Å²) in [5.41, 5.74) is 0.666. The second-order valence-electron chi connectivity index (χ2n) is 3.71. The average Bonchev–Trinajstić information content (AvgIpc) is 2.83. The lowest BCUT2D eigenvalue weighted by Crippen LogP contribution is -2.24. The molecule has 1 unspecified atom stereocenters. The molecule has 1 atom stereocenters. The van der Waals surface area contributed by atoms with Gasteiger partial charge in [-0.2, -0.15) is 5.26 Å². The van der Waals surface area contributed by atoms with E-state index in [1.54, 1.807) is 16.8 Å². The van der Waals surface area contributed by atoms with Crippen LogP contribution in [0.1, 0.15) is 23.4 Å². The summed E-state index contributed by atoms with van der Waals surface area (Å²) >= 11 is 3.45. The highest BCUT2D eigenvalue weighted by atomic mass is 79.9. The van der Waals surface area contributed by atoms with Gasteiger partial charge in [0, 0.05) is 5.57 Å². The van der Waals surface area contributed by atoms with Gasteiger partial charge in [-0.05, 0) is 19.1 Å². The van der Waals surface area contributed by atoms with E-state index in [1.807, 2.05) is 6.92 Å². The van der Waals surface area contributed by atoms with E-state index in [0.29, 0.717) is 23.8 Å². The number of hydrogen-bond donors (Lipinski definition) is 2. The van der Waals surface area contributed by atoms with Crippen LogP contribution in [-0.2, 0) is 0 Å². The number of alkyl halides is 1. The Balaban J connectivity index is 2.43. The number of halogens is 1. The fraction of sp³-hybridized carbons (Fsp3) is 0.273. The third-order valence-corrected chi connectivity index (χ3v) is 2.82. The molecule has 2 rings (SSSR count). The largest absolute Gasteiger partial charge is 0.365 e. The maximum absolute atomic E-state index is 8.77. The molecular weight excluding hydrogens is 296 g/mol. The summed E-state index contributed by atoms with van der Waals surface area (Å²) in [5.74, 6) is 1.81. The molecule has 1 aromatic rings. The van der Waals surface area contributed by atoms with E-state index in [1.165, 1.54) is 0 Å². The van der Waals surface area contributed by atoms with Gasteiger partial charge in [0.25, 0.3) is 0 Å². The van der Waals surface area contributed by atoms with Crippen molar-refractivity contribution in [1.82, 2.24) is 20.1 Å². The van der Waals surface area contributed by atoms with Crippen molar-refractivity contribution >= 4 is 28.0 Å². The standard InChI is InChI=1S/C11H11BrN6/c1-7(12)11-16-9(5-14)17-18(11)10-3-2-8(4-13)6-15-10/h2-3,5,7,14-15H,6H2,1H3. The highest BCUT2D eigenvalue weighted by molar-refractivity contribution is 9.09. The third-order valence-electron chi connectivity index (χ3n) is 2.41. The molecule has 0 aromatic carbocycles. The van der Waals surface area contributed by atoms with Crippen molar-refractivity contribution in [3.05, 3.63) is 29.4 Å². The molecule has 0 aliphatic carbocycles. The van der Waals surface area contributed by atoms with Crippen molar-refractivity contribution in [2.75, 3.05) is 6.54 Å². The molecule has 1 aromatic heterocycles. The van der Waals surface area contributed by atoms with Crippen LogP contribution >= 0.6 is 15.9 Å². The van der Waals surface area contributed by atoms with E-state index >= 15 is 0 Å². The summed E-state index contributed by atoms with van der Waals surface area (Å²) in [5, 5.41) is 23.3. The molecule has 2 heterocycles. The summed E-state index contributed by atoms with van der Waals surface area (Å²) in [6, 6.07) is 2.09. The lowest BCUT2D eigenvalue weighted by atomic mass is 10.2. The number of aromatic nitrogens is 3. The number of dihydropyridines is 1. The summed E-state index contributed by atoms with van der Waals surface area (Å²) in [6.07, 6.45) is 4.64. The number of nitrogens with zero attached hydrogens (tertiary/aromatic N) is 4. The molecule has 7 heteroatoms. The Morgan fingerprint density at radius 3 is 2.94 bits per heavy atom. The molecule has 0 amide bonds. The van der Waals surface area contributed by atoms with Crippen molar-refractivity contribution in [3.63, 3.8) is 0 Å². The zero-order chi connectivity index (χ0) is 13.1. The molecule has 0 bridgehead atoms. The van der Waals surface area contributed by atoms with Crippen LogP contribution in [0.3, 0.4) is 0 Å². The van der Waals surface area contributed by atoms with Crippen LogP contribution in [0, 0.1) is 16.7 Å². The Kier molecular flexibility index (Phi) is 3.58. The van der Waals surface area contributed by atoms with E-state index in [-0.39, 0.29) is 4.83 Å². The minimum Gasteiger partial charge on any atom is -0.365 e. The molecule has 2 N–H and O–H groups in total. The van der Waals surface area contributed by atoms with Crippen LogP contribution in [-0.4, -0.2) is 27.5 Å². The Morgan fingerprint density at radius 1 is 1.67 bits per heavy atom. The van der Waals surface area contributed by atoms with Gasteiger partial charge in [-0.15, -0.1) is 5.10 Å². The van der Waals surface area contributed by atoms with Crippen molar-refractivity contribution < 1.29 is 0 Å². The quantitative estimate of drug-likeness (QED) is 0.655. The van der Waals surface area contributed by atoms with Crippen LogP contribution in [0.25, 0.3) is 5.82 Å². The molecular formula is C11H11BrN6. The van der Waals surface area contributed by atoms with Crippen LogP contribution in [0.5, 0.6) is 0 Å². The number of nitriles is 1. The van der Waals surface area contributed by atoms with Crippen LogP contribution < -0.4 is 5.32 Å². The Labute approximate surface area is 113 Å². The van der Waals surface area contributed by atoms with Gasteiger partial charge in [-0.1, -0.05) is 15.9 Å². The van der Waals surface area contributed by atoms with E-state index in [2.05, 4.69) is 37.4 Å². The summed E-state index contributed by atoms with van der Waals surface area (Å²) in [7, 11) is 0. The molecule has 6 nitrogen and oxygen atoms in total. The Bertz CT molecular complexity index is 575. The first-order valence-electron chi connectivity index (χ1n) is 5.32. The van der Waals surface area contributed by atoms with E-state index in [0.717, 1.165) is 12.0 Å². The lowest BCUT2D eigenvalue weighted by Gasteiger charge is -2.15. The van der Waals surface area contributed by atoms with Gasteiger partial charge in [0.15, 0.2) is 5.82 Å². The maximum atomic E-state index is 8.77. The lowest BCUT2D eigenvalue weighted by molar-refractivity contribution is 0.750. The highest BCUT2D eigenvalue weighted by Gasteiger charge is 2.17. The normalized spacial score (nSPS) is 16.1. The predicted octanol–water partition coefficient (Wildman–Crippen LogP) is 1.58. The molecule has 92 valence electrons. The van der Waals surface area contributed by atoms with Crippen molar-refractivity contribution in [2.24, 2.45) is 0 Å². The van der Waals surface area contributed by atoms with Gasteiger partial charge in [-0.3, -0.25) is 0 Å². The topological polar surface area (TPSA) is 90.4 Å². The molecule has 0 saturated heterocycles. The molecule has 18 heavy (non-hydrogen) atoms. The fourth-order valence-corrected chi connectivity index (χ4v) is 1.84. The molecule has 0 saturated carbocycles. The number of hydrogen-bond acceptors (Lipinski definition) is 5.